The molecule has 0 amide bonds. The number of benzene rings is 1. The van der Waals surface area contributed by atoms with Crippen LogP contribution in [-0.4, -0.2) is 69.0 Å². The number of likely N-dealkylation sites (tertiary alicyclic amines) is 1. The predicted molar refractivity (Wildman–Crippen MR) is 106 cm³/mol. The highest BCUT2D eigenvalue weighted by Gasteiger charge is 2.46. The number of esters is 1. The number of piperidine rings is 1. The standard InChI is InChI=1S/C20H30N2O5S/c1-3-13-27-17-7-9-18(10-8-17)28(24,25)22-15-16(14-19(22)20(23)26-2)21-11-5-4-6-12-21/h7-10,16,19H,3-6,11-15H2,1-2H3/t16-,19+/m0/s1. The summed E-state index contributed by atoms with van der Waals surface area (Å²) in [7, 11) is -2.49. The molecule has 0 bridgehead atoms. The Morgan fingerprint density at radius 1 is 1.14 bits per heavy atom. The molecule has 3 rings (SSSR count). The molecule has 2 fully saturated rings. The van der Waals surface area contributed by atoms with E-state index in [-0.39, 0.29) is 10.9 Å². The maximum absolute atomic E-state index is 13.3. The van der Waals surface area contributed by atoms with Crippen molar-refractivity contribution in [2.45, 2.75) is 56.0 Å². The molecule has 0 aromatic heterocycles. The van der Waals surface area contributed by atoms with Crippen LogP contribution in [0.4, 0.5) is 0 Å². The van der Waals surface area contributed by atoms with Crippen molar-refractivity contribution in [3.8, 4) is 5.75 Å². The maximum atomic E-state index is 13.3. The van der Waals surface area contributed by atoms with E-state index >= 15 is 0 Å². The molecule has 0 unspecified atom stereocenters. The molecule has 156 valence electrons. The highest BCUT2D eigenvalue weighted by atomic mass is 32.2. The molecule has 2 saturated heterocycles. The summed E-state index contributed by atoms with van der Waals surface area (Å²) in [5, 5.41) is 0. The average Bonchev–Trinajstić information content (AvgIpc) is 3.19. The molecule has 0 radical (unpaired) electrons. The van der Waals surface area contributed by atoms with Crippen LogP contribution in [0.1, 0.15) is 39.0 Å². The zero-order valence-electron chi connectivity index (χ0n) is 16.7. The van der Waals surface area contributed by atoms with Gasteiger partial charge < -0.3 is 9.47 Å². The molecule has 1 aromatic rings. The summed E-state index contributed by atoms with van der Waals surface area (Å²) in [6.07, 6.45) is 4.80. The fourth-order valence-electron chi connectivity index (χ4n) is 4.01. The van der Waals surface area contributed by atoms with Crippen LogP contribution >= 0.6 is 0 Å². The van der Waals surface area contributed by atoms with Crippen LogP contribution in [0.25, 0.3) is 0 Å². The average molecular weight is 411 g/mol. The van der Waals surface area contributed by atoms with Gasteiger partial charge in [-0.2, -0.15) is 4.31 Å². The van der Waals surface area contributed by atoms with E-state index in [1.807, 2.05) is 6.92 Å². The van der Waals surface area contributed by atoms with Gasteiger partial charge in [-0.05, 0) is 63.0 Å². The highest BCUT2D eigenvalue weighted by Crippen LogP contribution is 2.31. The van der Waals surface area contributed by atoms with Gasteiger partial charge in [-0.3, -0.25) is 9.69 Å². The van der Waals surface area contributed by atoms with Crippen LogP contribution in [0.3, 0.4) is 0 Å². The summed E-state index contributed by atoms with van der Waals surface area (Å²) in [5.41, 5.74) is 0. The van der Waals surface area contributed by atoms with Gasteiger partial charge in [0.2, 0.25) is 10.0 Å². The smallest absolute Gasteiger partial charge is 0.324 e. The third-order valence-corrected chi connectivity index (χ3v) is 7.41. The van der Waals surface area contributed by atoms with E-state index in [2.05, 4.69) is 4.90 Å². The van der Waals surface area contributed by atoms with Gasteiger partial charge in [-0.15, -0.1) is 0 Å². The number of rotatable bonds is 7. The number of carbonyl (C=O) groups excluding carboxylic acids is 1. The molecule has 0 spiro atoms. The number of sulfonamides is 1. The minimum Gasteiger partial charge on any atom is -0.494 e. The maximum Gasteiger partial charge on any atom is 0.324 e. The first kappa shape index (κ1) is 21.1. The predicted octanol–water partition coefficient (Wildman–Crippen LogP) is 2.27. The molecular weight excluding hydrogens is 380 g/mol. The molecule has 0 aliphatic carbocycles. The third-order valence-electron chi connectivity index (χ3n) is 5.52. The van der Waals surface area contributed by atoms with E-state index in [0.717, 1.165) is 32.4 Å². The Labute approximate surface area is 167 Å². The Hall–Kier alpha value is -1.64. The fraction of sp³-hybridized carbons (Fsp3) is 0.650. The van der Waals surface area contributed by atoms with Crippen molar-refractivity contribution in [2.24, 2.45) is 0 Å². The minimum absolute atomic E-state index is 0.0475. The number of hydrogen-bond acceptors (Lipinski definition) is 6. The van der Waals surface area contributed by atoms with E-state index in [4.69, 9.17) is 9.47 Å². The van der Waals surface area contributed by atoms with E-state index in [1.165, 1.54) is 17.8 Å². The van der Waals surface area contributed by atoms with Gasteiger partial charge in [-0.25, -0.2) is 8.42 Å². The van der Waals surface area contributed by atoms with Gasteiger partial charge in [0, 0.05) is 12.6 Å². The first-order chi connectivity index (χ1) is 13.5. The second-order valence-electron chi connectivity index (χ2n) is 7.42. The Morgan fingerprint density at radius 3 is 2.43 bits per heavy atom. The number of hydrogen-bond donors (Lipinski definition) is 0. The molecule has 7 nitrogen and oxygen atoms in total. The second kappa shape index (κ2) is 9.24. The molecular formula is C20H30N2O5S. The quantitative estimate of drug-likeness (QED) is 0.642. The van der Waals surface area contributed by atoms with Crippen LogP contribution in [0.15, 0.2) is 29.2 Å². The Balaban J connectivity index is 1.81. The molecule has 1 aromatic carbocycles. The number of ether oxygens (including phenoxy) is 2. The van der Waals surface area contributed by atoms with Crippen LogP contribution < -0.4 is 4.74 Å². The first-order valence-electron chi connectivity index (χ1n) is 10.0. The van der Waals surface area contributed by atoms with Crippen molar-refractivity contribution in [1.29, 1.82) is 0 Å². The summed E-state index contributed by atoms with van der Waals surface area (Å²) in [6.45, 7) is 4.82. The van der Waals surface area contributed by atoms with Crippen molar-refractivity contribution in [2.75, 3.05) is 33.4 Å². The highest BCUT2D eigenvalue weighted by molar-refractivity contribution is 7.89. The van der Waals surface area contributed by atoms with Crippen LogP contribution in [0, 0.1) is 0 Å². The van der Waals surface area contributed by atoms with E-state index in [9.17, 15) is 13.2 Å². The lowest BCUT2D eigenvalue weighted by Gasteiger charge is -2.32. The van der Waals surface area contributed by atoms with Crippen molar-refractivity contribution in [1.82, 2.24) is 9.21 Å². The van der Waals surface area contributed by atoms with Gasteiger partial charge in [0.25, 0.3) is 0 Å². The SMILES string of the molecule is CCCOc1ccc(S(=O)(=O)N2C[C@@H](N3CCCCC3)C[C@@H]2C(=O)OC)cc1. The molecule has 0 N–H and O–H groups in total. The summed E-state index contributed by atoms with van der Waals surface area (Å²) in [6, 6.07) is 5.68. The fourth-order valence-corrected chi connectivity index (χ4v) is 5.64. The molecule has 2 atom stereocenters. The molecule has 2 aliphatic heterocycles. The normalized spacial score (nSPS) is 24.2. The summed E-state index contributed by atoms with van der Waals surface area (Å²) >= 11 is 0. The van der Waals surface area contributed by atoms with Gasteiger partial charge in [-0.1, -0.05) is 13.3 Å². The van der Waals surface area contributed by atoms with Crippen molar-refractivity contribution < 1.29 is 22.7 Å². The van der Waals surface area contributed by atoms with Crippen LogP contribution in [0.2, 0.25) is 0 Å². The third kappa shape index (κ3) is 4.50. The summed E-state index contributed by atoms with van der Waals surface area (Å²) < 4.78 is 38.3. The molecule has 8 heteroatoms. The van der Waals surface area contributed by atoms with Crippen molar-refractivity contribution in [3.63, 3.8) is 0 Å². The zero-order valence-corrected chi connectivity index (χ0v) is 17.5. The Bertz CT molecular complexity index is 759. The van der Waals surface area contributed by atoms with Crippen LogP contribution in [-0.2, 0) is 19.6 Å². The number of nitrogens with zero attached hydrogens (tertiary/aromatic N) is 2. The van der Waals surface area contributed by atoms with E-state index in [1.54, 1.807) is 24.3 Å². The first-order valence-corrected chi connectivity index (χ1v) is 11.5. The molecule has 2 aliphatic rings. The largest absolute Gasteiger partial charge is 0.494 e. The monoisotopic (exact) mass is 410 g/mol. The van der Waals surface area contributed by atoms with Gasteiger partial charge in [0.05, 0.1) is 18.6 Å². The Kier molecular flexibility index (Phi) is 6.95. The lowest BCUT2D eigenvalue weighted by molar-refractivity contribution is -0.144. The lowest BCUT2D eigenvalue weighted by Crippen LogP contribution is -2.42. The van der Waals surface area contributed by atoms with Gasteiger partial charge in [0.1, 0.15) is 11.8 Å². The van der Waals surface area contributed by atoms with E-state index in [0.29, 0.717) is 25.3 Å². The number of methoxy groups -OCH3 is 1. The topological polar surface area (TPSA) is 76.2 Å². The molecule has 0 saturated carbocycles. The van der Waals surface area contributed by atoms with Gasteiger partial charge in [0.15, 0.2) is 0 Å². The summed E-state index contributed by atoms with van der Waals surface area (Å²) in [4.78, 5) is 14.8. The minimum atomic E-state index is -3.80. The zero-order chi connectivity index (χ0) is 20.1. The van der Waals surface area contributed by atoms with Crippen molar-refractivity contribution in [3.05, 3.63) is 24.3 Å². The van der Waals surface area contributed by atoms with Gasteiger partial charge >= 0.3 is 5.97 Å². The van der Waals surface area contributed by atoms with E-state index < -0.39 is 22.0 Å². The van der Waals surface area contributed by atoms with Crippen molar-refractivity contribution >= 4 is 16.0 Å². The van der Waals surface area contributed by atoms with Crippen LogP contribution in [0.5, 0.6) is 5.75 Å². The number of carbonyl (C=O) groups is 1. The second-order valence-corrected chi connectivity index (χ2v) is 9.31. The molecule has 28 heavy (non-hydrogen) atoms. The molecule has 2 heterocycles. The Morgan fingerprint density at radius 2 is 1.82 bits per heavy atom. The lowest BCUT2D eigenvalue weighted by atomic mass is 10.1. The summed E-state index contributed by atoms with van der Waals surface area (Å²) in [5.74, 6) is 0.143.